The third kappa shape index (κ3) is 3.04. The number of nitrogens with one attached hydrogen (secondary N) is 1. The van der Waals surface area contributed by atoms with Crippen LogP contribution in [0.4, 0.5) is 0 Å². The number of nitrogens with zero attached hydrogens (tertiary/aromatic N) is 2. The number of carboxylic acid groups (broad SMARTS) is 1. The molecule has 0 bridgehead atoms. The molecule has 0 unspecified atom stereocenters. The van der Waals surface area contributed by atoms with Crippen LogP contribution in [-0.2, 0) is 4.79 Å². The number of amides is 1. The summed E-state index contributed by atoms with van der Waals surface area (Å²) in [6, 6.07) is 11.5. The van der Waals surface area contributed by atoms with E-state index >= 15 is 0 Å². The number of nitriles is 1. The highest BCUT2D eigenvalue weighted by Crippen LogP contribution is 2.17. The number of benzene rings is 1. The van der Waals surface area contributed by atoms with Gasteiger partial charge in [-0.25, -0.2) is 0 Å². The number of rotatable bonds is 4. The molecule has 0 fully saturated rings. The second-order valence-electron chi connectivity index (χ2n) is 4.39. The van der Waals surface area contributed by atoms with Crippen LogP contribution in [0, 0.1) is 11.3 Å². The Morgan fingerprint density at radius 3 is 2.73 bits per heavy atom. The minimum atomic E-state index is -1.27. The van der Waals surface area contributed by atoms with Crippen molar-refractivity contribution in [2.24, 2.45) is 0 Å². The van der Waals surface area contributed by atoms with Crippen LogP contribution in [-0.4, -0.2) is 23.5 Å². The summed E-state index contributed by atoms with van der Waals surface area (Å²) in [6.45, 7) is 0. The SMILES string of the molecule is CNC(=O)/C(C#N)=C/c1cccn1-c1cccc(C(=O)[O-])c1. The van der Waals surface area contributed by atoms with Gasteiger partial charge >= 0.3 is 0 Å². The lowest BCUT2D eigenvalue weighted by molar-refractivity contribution is -0.255. The summed E-state index contributed by atoms with van der Waals surface area (Å²) in [5.74, 6) is -1.76. The van der Waals surface area contributed by atoms with Gasteiger partial charge < -0.3 is 19.8 Å². The van der Waals surface area contributed by atoms with Gasteiger partial charge in [0.1, 0.15) is 11.6 Å². The maximum Gasteiger partial charge on any atom is 0.261 e. The Labute approximate surface area is 126 Å². The topological polar surface area (TPSA) is 98.0 Å². The van der Waals surface area contributed by atoms with E-state index in [9.17, 15) is 14.7 Å². The molecule has 2 rings (SSSR count). The normalized spacial score (nSPS) is 10.8. The summed E-state index contributed by atoms with van der Waals surface area (Å²) >= 11 is 0. The maximum absolute atomic E-state index is 11.6. The maximum atomic E-state index is 11.6. The van der Waals surface area contributed by atoms with Crippen molar-refractivity contribution in [2.75, 3.05) is 7.05 Å². The number of carboxylic acids is 1. The second kappa shape index (κ2) is 6.41. The molecule has 6 heteroatoms. The molecule has 1 aromatic carbocycles. The molecule has 1 aromatic heterocycles. The highest BCUT2D eigenvalue weighted by atomic mass is 16.4. The molecule has 2 aromatic rings. The Kier molecular flexibility index (Phi) is 4.39. The van der Waals surface area contributed by atoms with E-state index in [-0.39, 0.29) is 11.1 Å². The van der Waals surface area contributed by atoms with E-state index in [2.05, 4.69) is 5.32 Å². The lowest BCUT2D eigenvalue weighted by atomic mass is 10.2. The first-order chi connectivity index (χ1) is 10.6. The fraction of sp³-hybridized carbons (Fsp3) is 0.0625. The number of likely N-dealkylation sites (N-methyl/N-ethyl adjacent to an activating group) is 1. The molecule has 0 spiro atoms. The molecule has 22 heavy (non-hydrogen) atoms. The Hall–Kier alpha value is -3.33. The average molecular weight is 294 g/mol. The molecule has 0 saturated carbocycles. The number of carbonyl (C=O) groups excluding carboxylic acids is 2. The van der Waals surface area contributed by atoms with Gasteiger partial charge in [0.2, 0.25) is 0 Å². The first-order valence-electron chi connectivity index (χ1n) is 6.40. The summed E-state index contributed by atoms with van der Waals surface area (Å²) in [6.07, 6.45) is 3.14. The van der Waals surface area contributed by atoms with Crippen LogP contribution >= 0.6 is 0 Å². The lowest BCUT2D eigenvalue weighted by Gasteiger charge is -2.09. The molecule has 6 nitrogen and oxygen atoms in total. The Morgan fingerprint density at radius 1 is 1.32 bits per heavy atom. The first kappa shape index (κ1) is 15.1. The molecule has 1 heterocycles. The summed E-state index contributed by atoms with van der Waals surface area (Å²) in [5.41, 5.74) is 1.18. The van der Waals surface area contributed by atoms with Gasteiger partial charge in [-0.15, -0.1) is 0 Å². The third-order valence-corrected chi connectivity index (χ3v) is 3.02. The zero-order valence-electron chi connectivity index (χ0n) is 11.7. The van der Waals surface area contributed by atoms with E-state index in [0.29, 0.717) is 11.4 Å². The van der Waals surface area contributed by atoms with E-state index in [4.69, 9.17) is 5.26 Å². The molecule has 1 N–H and O–H groups in total. The monoisotopic (exact) mass is 294 g/mol. The zero-order chi connectivity index (χ0) is 16.1. The second-order valence-corrected chi connectivity index (χ2v) is 4.39. The van der Waals surface area contributed by atoms with Crippen LogP contribution in [0.15, 0.2) is 48.2 Å². The van der Waals surface area contributed by atoms with Crippen molar-refractivity contribution in [3.05, 3.63) is 59.4 Å². The third-order valence-electron chi connectivity index (χ3n) is 3.02. The van der Waals surface area contributed by atoms with Gasteiger partial charge in [0.15, 0.2) is 0 Å². The van der Waals surface area contributed by atoms with E-state index in [1.807, 2.05) is 6.07 Å². The van der Waals surface area contributed by atoms with Crippen LogP contribution in [0.3, 0.4) is 0 Å². The minimum Gasteiger partial charge on any atom is -0.545 e. The van der Waals surface area contributed by atoms with Crippen LogP contribution < -0.4 is 10.4 Å². The van der Waals surface area contributed by atoms with E-state index in [0.717, 1.165) is 0 Å². The van der Waals surface area contributed by atoms with Gasteiger partial charge in [-0.1, -0.05) is 12.1 Å². The van der Waals surface area contributed by atoms with Crippen molar-refractivity contribution in [3.63, 3.8) is 0 Å². The fourth-order valence-electron chi connectivity index (χ4n) is 1.96. The van der Waals surface area contributed by atoms with Crippen LogP contribution in [0.25, 0.3) is 11.8 Å². The summed E-state index contributed by atoms with van der Waals surface area (Å²) < 4.78 is 1.67. The zero-order valence-corrected chi connectivity index (χ0v) is 11.7. The highest BCUT2D eigenvalue weighted by molar-refractivity contribution is 6.01. The highest BCUT2D eigenvalue weighted by Gasteiger charge is 2.09. The number of hydrogen-bond acceptors (Lipinski definition) is 4. The molecule has 110 valence electrons. The Balaban J connectivity index is 2.49. The largest absolute Gasteiger partial charge is 0.545 e. The van der Waals surface area contributed by atoms with E-state index in [1.165, 1.54) is 25.3 Å². The molecular formula is C16H12N3O3-. The molecule has 0 radical (unpaired) electrons. The van der Waals surface area contributed by atoms with Crippen LogP contribution in [0.5, 0.6) is 0 Å². The summed E-state index contributed by atoms with van der Waals surface area (Å²) in [4.78, 5) is 22.5. The average Bonchev–Trinajstić information content (AvgIpc) is 3.00. The molecular weight excluding hydrogens is 282 g/mol. The van der Waals surface area contributed by atoms with Gasteiger partial charge in [-0.3, -0.25) is 4.79 Å². The van der Waals surface area contributed by atoms with Crippen molar-refractivity contribution in [3.8, 4) is 11.8 Å². The first-order valence-corrected chi connectivity index (χ1v) is 6.40. The number of aromatic carboxylic acids is 1. The van der Waals surface area contributed by atoms with Gasteiger partial charge in [0.05, 0.1) is 5.97 Å². The van der Waals surface area contributed by atoms with Gasteiger partial charge in [-0.2, -0.15) is 5.26 Å². The summed E-state index contributed by atoms with van der Waals surface area (Å²) in [7, 11) is 1.44. The van der Waals surface area contributed by atoms with E-state index in [1.54, 1.807) is 35.0 Å². The molecule has 0 aliphatic rings. The number of aromatic nitrogens is 1. The Bertz CT molecular complexity index is 797. The molecule has 0 atom stereocenters. The van der Waals surface area contributed by atoms with Gasteiger partial charge in [0.25, 0.3) is 5.91 Å². The van der Waals surface area contributed by atoms with Gasteiger partial charge in [-0.05, 0) is 35.9 Å². The van der Waals surface area contributed by atoms with Crippen molar-refractivity contribution < 1.29 is 14.7 Å². The lowest BCUT2D eigenvalue weighted by Crippen LogP contribution is -2.22. The van der Waals surface area contributed by atoms with Crippen molar-refractivity contribution in [1.82, 2.24) is 9.88 Å². The number of carbonyl (C=O) groups is 2. The van der Waals surface area contributed by atoms with Crippen molar-refractivity contribution >= 4 is 18.0 Å². The smallest absolute Gasteiger partial charge is 0.261 e. The fourth-order valence-corrected chi connectivity index (χ4v) is 1.96. The minimum absolute atomic E-state index is 0.0431. The van der Waals surface area contributed by atoms with Crippen molar-refractivity contribution in [1.29, 1.82) is 5.26 Å². The molecule has 0 aliphatic carbocycles. The van der Waals surface area contributed by atoms with Gasteiger partial charge in [0, 0.05) is 24.6 Å². The molecule has 1 amide bonds. The predicted molar refractivity (Wildman–Crippen MR) is 77.8 cm³/mol. The van der Waals surface area contributed by atoms with Crippen LogP contribution in [0.2, 0.25) is 0 Å². The Morgan fingerprint density at radius 2 is 2.09 bits per heavy atom. The summed E-state index contributed by atoms with van der Waals surface area (Å²) in [5, 5.41) is 22.3. The molecule has 0 aliphatic heterocycles. The van der Waals surface area contributed by atoms with Crippen molar-refractivity contribution in [2.45, 2.75) is 0 Å². The number of hydrogen-bond donors (Lipinski definition) is 1. The van der Waals surface area contributed by atoms with Crippen LogP contribution in [0.1, 0.15) is 16.1 Å². The predicted octanol–water partition coefficient (Wildman–Crippen LogP) is 0.494. The quantitative estimate of drug-likeness (QED) is 0.655. The van der Waals surface area contributed by atoms with E-state index < -0.39 is 11.9 Å². The molecule has 0 saturated heterocycles. The standard InChI is InChI=1S/C16H13N3O3/c1-18-15(20)12(10-17)9-14-6-3-7-19(14)13-5-2-4-11(8-13)16(21)22/h2-9H,1H3,(H,18,20)(H,21,22)/p-1/b12-9+.